The summed E-state index contributed by atoms with van der Waals surface area (Å²) < 4.78 is 25.9. The molecule has 1 heterocycles. The van der Waals surface area contributed by atoms with E-state index in [1.54, 1.807) is 12.1 Å². The molecular weight excluding hydrogens is 683 g/mol. The van der Waals surface area contributed by atoms with Crippen LogP contribution in [0.4, 0.5) is 0 Å². The average Bonchev–Trinajstić information content (AvgIpc) is 3.16. The number of aryl methyl sites for hydroxylation is 1. The number of hydrogen-bond donors (Lipinski definition) is 2. The van der Waals surface area contributed by atoms with Gasteiger partial charge in [0.05, 0.1) is 11.8 Å². The SMILES string of the molecule is CC(C)C1CCN(C(=O)c2ccc(C3CCCc4c3ccc3c4ccc4ccccc43)cc2)CC1.CS(=O)(=O)O.O=C(O)c1cccc2ccccc12. The van der Waals surface area contributed by atoms with Crippen molar-refractivity contribution in [3.63, 3.8) is 0 Å². The Bertz CT molecular complexity index is 2350. The van der Waals surface area contributed by atoms with E-state index >= 15 is 0 Å². The van der Waals surface area contributed by atoms with Crippen LogP contribution in [-0.2, 0) is 16.5 Å². The van der Waals surface area contributed by atoms with Crippen molar-refractivity contribution < 1.29 is 27.7 Å². The van der Waals surface area contributed by atoms with Gasteiger partial charge < -0.3 is 10.0 Å². The number of benzene rings is 6. The Labute approximate surface area is 312 Å². The van der Waals surface area contributed by atoms with E-state index in [4.69, 9.17) is 9.66 Å². The first-order valence-electron chi connectivity index (χ1n) is 18.3. The largest absolute Gasteiger partial charge is 0.478 e. The lowest BCUT2D eigenvalue weighted by molar-refractivity contribution is 0.0665. The number of carboxylic acid groups (broad SMARTS) is 1. The van der Waals surface area contributed by atoms with E-state index in [-0.39, 0.29) is 5.91 Å². The number of aromatic carboxylic acids is 1. The maximum absolute atomic E-state index is 13.1. The summed E-state index contributed by atoms with van der Waals surface area (Å²) in [6.45, 7) is 6.38. The van der Waals surface area contributed by atoms with Crippen molar-refractivity contribution in [2.75, 3.05) is 19.3 Å². The molecule has 1 unspecified atom stereocenters. The Balaban J connectivity index is 0.000000220. The van der Waals surface area contributed by atoms with Gasteiger partial charge in [0.25, 0.3) is 16.0 Å². The molecule has 1 aliphatic carbocycles. The Morgan fingerprint density at radius 3 is 1.92 bits per heavy atom. The van der Waals surface area contributed by atoms with Crippen LogP contribution in [0.15, 0.2) is 115 Å². The van der Waals surface area contributed by atoms with Crippen LogP contribution >= 0.6 is 0 Å². The minimum atomic E-state index is -3.67. The summed E-state index contributed by atoms with van der Waals surface area (Å²) >= 11 is 0. The van der Waals surface area contributed by atoms with Crippen LogP contribution in [0.1, 0.15) is 82.9 Å². The topological polar surface area (TPSA) is 112 Å². The molecule has 2 aliphatic rings. The zero-order chi connectivity index (χ0) is 37.7. The molecule has 6 aromatic carbocycles. The Hall–Kier alpha value is -5.05. The summed E-state index contributed by atoms with van der Waals surface area (Å²) in [6.07, 6.45) is 6.49. The predicted molar refractivity (Wildman–Crippen MR) is 215 cm³/mol. The highest BCUT2D eigenvalue weighted by Gasteiger charge is 2.27. The predicted octanol–water partition coefficient (Wildman–Crippen LogP) is 10.0. The third-order valence-corrected chi connectivity index (χ3v) is 10.7. The number of fused-ring (bicyclic) bond motifs is 6. The van der Waals surface area contributed by atoms with Crippen molar-refractivity contribution in [2.24, 2.45) is 11.8 Å². The van der Waals surface area contributed by atoms with Crippen molar-refractivity contribution in [3.8, 4) is 0 Å². The second-order valence-corrected chi connectivity index (χ2v) is 16.0. The van der Waals surface area contributed by atoms with Gasteiger partial charge in [0.1, 0.15) is 0 Å². The standard InChI is InChI=1S/C33H35NO.C11H8O2.CH4O3S/c1-22(2)23-18-20-34(21-19-23)33(35)26-12-10-25(11-13-26)28-8-5-9-29-30(28)16-17-31-27-7-4-3-6-24(27)14-15-32(29)31;12-11(13)10-7-3-5-8-4-1-2-6-9(8)10;1-5(2,3)4/h3-4,6-7,10-17,22-23,28H,5,8-9,18-21H2,1-2H3;1-7H,(H,12,13);1H3,(H,2,3,4). The molecule has 0 saturated carbocycles. The van der Waals surface area contributed by atoms with Crippen LogP contribution in [0.5, 0.6) is 0 Å². The number of nitrogens with zero attached hydrogens (tertiary/aromatic N) is 1. The normalized spacial score (nSPS) is 16.0. The Morgan fingerprint density at radius 2 is 1.28 bits per heavy atom. The average molecular weight is 730 g/mol. The van der Waals surface area contributed by atoms with Crippen molar-refractivity contribution in [1.82, 2.24) is 4.90 Å². The van der Waals surface area contributed by atoms with Crippen molar-refractivity contribution >= 4 is 54.3 Å². The summed E-state index contributed by atoms with van der Waals surface area (Å²) in [5.41, 5.74) is 5.50. The monoisotopic (exact) mass is 729 g/mol. The maximum atomic E-state index is 13.1. The number of rotatable bonds is 4. The zero-order valence-corrected chi connectivity index (χ0v) is 31.4. The van der Waals surface area contributed by atoms with E-state index in [2.05, 4.69) is 91.5 Å². The summed E-state index contributed by atoms with van der Waals surface area (Å²) in [4.78, 5) is 26.0. The van der Waals surface area contributed by atoms with Gasteiger partial charge in [0.2, 0.25) is 0 Å². The van der Waals surface area contributed by atoms with Gasteiger partial charge in [-0.2, -0.15) is 8.42 Å². The van der Waals surface area contributed by atoms with Gasteiger partial charge in [0.15, 0.2) is 0 Å². The smallest absolute Gasteiger partial charge is 0.336 e. The molecule has 7 nitrogen and oxygen atoms in total. The molecule has 1 amide bonds. The van der Waals surface area contributed by atoms with E-state index in [0.717, 1.165) is 54.6 Å². The molecular formula is C45H47NO6S. The van der Waals surface area contributed by atoms with Gasteiger partial charge >= 0.3 is 5.97 Å². The number of carbonyl (C=O) groups excluding carboxylic acids is 1. The second-order valence-electron chi connectivity index (χ2n) is 14.5. The third-order valence-electron chi connectivity index (χ3n) is 10.7. The fourth-order valence-electron chi connectivity index (χ4n) is 7.98. The van der Waals surface area contributed by atoms with Crippen molar-refractivity contribution in [1.29, 1.82) is 0 Å². The van der Waals surface area contributed by atoms with Gasteiger partial charge in [-0.05, 0) is 111 Å². The van der Waals surface area contributed by atoms with E-state index < -0.39 is 16.1 Å². The molecule has 0 radical (unpaired) electrons. The van der Waals surface area contributed by atoms with E-state index in [9.17, 15) is 18.0 Å². The van der Waals surface area contributed by atoms with Crippen LogP contribution in [0, 0.1) is 11.8 Å². The Morgan fingerprint density at radius 1 is 0.698 bits per heavy atom. The minimum Gasteiger partial charge on any atom is -0.478 e. The molecule has 0 spiro atoms. The van der Waals surface area contributed by atoms with Crippen LogP contribution in [0.3, 0.4) is 0 Å². The molecule has 53 heavy (non-hydrogen) atoms. The van der Waals surface area contributed by atoms with Crippen LogP contribution < -0.4 is 0 Å². The lowest BCUT2D eigenvalue weighted by atomic mass is 9.77. The van der Waals surface area contributed by atoms with Gasteiger partial charge in [-0.1, -0.05) is 111 Å². The van der Waals surface area contributed by atoms with Gasteiger partial charge in [-0.25, -0.2) is 4.79 Å². The second kappa shape index (κ2) is 16.3. The summed E-state index contributed by atoms with van der Waals surface area (Å²) in [6, 6.07) is 39.3. The van der Waals surface area contributed by atoms with E-state index in [0.29, 0.717) is 23.7 Å². The third kappa shape index (κ3) is 8.95. The first kappa shape index (κ1) is 37.7. The summed E-state index contributed by atoms with van der Waals surface area (Å²) in [5.74, 6) is 1.18. The molecule has 8 rings (SSSR count). The van der Waals surface area contributed by atoms with Crippen LogP contribution in [0.2, 0.25) is 0 Å². The molecule has 6 aromatic rings. The van der Waals surface area contributed by atoms with Crippen LogP contribution in [0.25, 0.3) is 32.3 Å². The summed E-state index contributed by atoms with van der Waals surface area (Å²) in [7, 11) is -3.67. The number of amides is 1. The highest BCUT2D eigenvalue weighted by molar-refractivity contribution is 7.85. The van der Waals surface area contributed by atoms with Gasteiger partial charge in [0, 0.05) is 24.6 Å². The number of piperidine rings is 1. The number of carboxylic acids is 1. The van der Waals surface area contributed by atoms with Gasteiger partial charge in [-0.3, -0.25) is 9.35 Å². The number of likely N-dealkylation sites (tertiary alicyclic amines) is 1. The Kier molecular flexibility index (Phi) is 11.6. The molecule has 2 N–H and O–H groups in total. The maximum Gasteiger partial charge on any atom is 0.336 e. The van der Waals surface area contributed by atoms with Crippen molar-refractivity contribution in [3.05, 3.63) is 143 Å². The number of carbonyl (C=O) groups is 2. The molecule has 1 fully saturated rings. The molecule has 0 aromatic heterocycles. The van der Waals surface area contributed by atoms with E-state index in [1.807, 2.05) is 30.3 Å². The summed E-state index contributed by atoms with van der Waals surface area (Å²) in [5, 5.41) is 16.1. The highest BCUT2D eigenvalue weighted by Crippen LogP contribution is 2.41. The van der Waals surface area contributed by atoms with E-state index in [1.165, 1.54) is 51.1 Å². The fourth-order valence-corrected chi connectivity index (χ4v) is 7.98. The molecule has 1 atom stereocenters. The molecule has 1 saturated heterocycles. The minimum absolute atomic E-state index is 0.195. The number of hydrogen-bond acceptors (Lipinski definition) is 4. The zero-order valence-electron chi connectivity index (χ0n) is 30.5. The molecule has 1 aliphatic heterocycles. The first-order valence-corrected chi connectivity index (χ1v) is 20.2. The lowest BCUT2D eigenvalue weighted by Crippen LogP contribution is -2.39. The molecule has 274 valence electrons. The lowest BCUT2D eigenvalue weighted by Gasteiger charge is -2.34. The molecule has 0 bridgehead atoms. The highest BCUT2D eigenvalue weighted by atomic mass is 32.2. The fraction of sp³-hybridized carbons (Fsp3) is 0.289. The van der Waals surface area contributed by atoms with Crippen LogP contribution in [-0.4, -0.2) is 54.2 Å². The molecule has 8 heteroatoms. The quantitative estimate of drug-likeness (QED) is 0.138. The van der Waals surface area contributed by atoms with Crippen molar-refractivity contribution in [2.45, 2.75) is 51.9 Å². The van der Waals surface area contributed by atoms with Gasteiger partial charge in [-0.15, -0.1) is 0 Å². The first-order chi connectivity index (χ1) is 25.4.